The molecule has 7 nitrogen and oxygen atoms in total. The molecule has 1 rings (SSSR count). The van der Waals surface area contributed by atoms with Gasteiger partial charge in [-0.3, -0.25) is 4.79 Å². The van der Waals surface area contributed by atoms with Crippen molar-refractivity contribution >= 4 is 16.2 Å². The van der Waals surface area contributed by atoms with Crippen LogP contribution in [0.5, 0.6) is 0 Å². The highest BCUT2D eigenvalue weighted by atomic mass is 32.3. The van der Waals surface area contributed by atoms with Crippen LogP contribution in [0.25, 0.3) is 0 Å². The largest absolute Gasteiger partial charge is 0.464 e. The number of ether oxygens (including phenoxy) is 4. The first-order valence-electron chi connectivity index (χ1n) is 5.99. The topological polar surface area (TPSA) is 88.1 Å². The van der Waals surface area contributed by atoms with Crippen molar-refractivity contribution < 1.29 is 53.6 Å². The smallest absolute Gasteiger partial charge is 0.460 e. The van der Waals surface area contributed by atoms with Crippen molar-refractivity contribution in [3.8, 4) is 0 Å². The summed E-state index contributed by atoms with van der Waals surface area (Å²) in [7, 11) is -6.88. The molecule has 1 saturated heterocycles. The molecule has 1 fully saturated rings. The lowest BCUT2D eigenvalue weighted by atomic mass is 10.3. The molecule has 2 unspecified atom stereocenters. The van der Waals surface area contributed by atoms with Crippen molar-refractivity contribution in [3.63, 3.8) is 0 Å². The zero-order valence-electron chi connectivity index (χ0n) is 11.9. The van der Waals surface area contributed by atoms with Gasteiger partial charge in [-0.2, -0.15) is 26.0 Å². The van der Waals surface area contributed by atoms with Gasteiger partial charge in [-0.15, -0.1) is 0 Å². The van der Waals surface area contributed by atoms with Gasteiger partial charge in [0.1, 0.15) is 12.7 Å². The molecule has 13 heteroatoms. The first-order chi connectivity index (χ1) is 10.2. The molecule has 23 heavy (non-hydrogen) atoms. The van der Waals surface area contributed by atoms with Gasteiger partial charge in [-0.25, -0.2) is 0 Å². The van der Waals surface area contributed by atoms with E-state index >= 15 is 0 Å². The van der Waals surface area contributed by atoms with Crippen LogP contribution in [0.15, 0.2) is 0 Å². The third-order valence-corrected chi connectivity index (χ3v) is 3.47. The molecule has 0 aromatic rings. The minimum absolute atomic E-state index is 0.387. The van der Waals surface area contributed by atoms with Gasteiger partial charge in [0.05, 0.1) is 13.2 Å². The van der Waals surface area contributed by atoms with Crippen molar-refractivity contribution in [2.24, 2.45) is 0 Å². The summed E-state index contributed by atoms with van der Waals surface area (Å²) in [6.07, 6.45) is -6.90. The van der Waals surface area contributed by atoms with Crippen molar-refractivity contribution in [1.82, 2.24) is 0 Å². The summed E-state index contributed by atoms with van der Waals surface area (Å²) in [6.45, 7) is 0.382. The van der Waals surface area contributed by atoms with E-state index < -0.39 is 52.7 Å². The normalized spacial score (nSPS) is 26.3. The van der Waals surface area contributed by atoms with Crippen LogP contribution in [0.3, 0.4) is 0 Å². The lowest BCUT2D eigenvalue weighted by Crippen LogP contribution is -2.48. The molecule has 1 heterocycles. The maximum absolute atomic E-state index is 13.0. The zero-order valence-corrected chi connectivity index (χ0v) is 12.7. The number of alkyl halides is 4. The van der Waals surface area contributed by atoms with Gasteiger partial charge in [-0.05, 0) is 6.92 Å². The first kappa shape index (κ1) is 20.0. The third kappa shape index (κ3) is 4.71. The van der Waals surface area contributed by atoms with E-state index in [1.54, 1.807) is 0 Å². The van der Waals surface area contributed by atoms with E-state index in [1.807, 2.05) is 0 Å². The molecule has 0 spiro atoms. The second-order valence-electron chi connectivity index (χ2n) is 4.75. The average Bonchev–Trinajstić information content (AvgIpc) is 2.75. The summed E-state index contributed by atoms with van der Waals surface area (Å²) in [5, 5.41) is -6.06. The summed E-state index contributed by atoms with van der Waals surface area (Å²) in [4.78, 5) is 10.7. The highest BCUT2D eigenvalue weighted by Crippen LogP contribution is 2.41. The number of hydrogen-bond donors (Lipinski definition) is 0. The zero-order chi connectivity index (χ0) is 18.1. The molecule has 0 aromatic heterocycles. The molecule has 0 radical (unpaired) electrons. The maximum atomic E-state index is 13.0. The highest BCUT2D eigenvalue weighted by molar-refractivity contribution is 7.87. The number of rotatable bonds is 7. The quantitative estimate of drug-likeness (QED) is 0.377. The Balaban J connectivity index is 2.61. The molecule has 0 aliphatic carbocycles. The second-order valence-corrected chi connectivity index (χ2v) is 6.14. The van der Waals surface area contributed by atoms with Crippen LogP contribution in [0.2, 0.25) is 0 Å². The second kappa shape index (κ2) is 6.45. The predicted molar refractivity (Wildman–Crippen MR) is 61.7 cm³/mol. The molecular weight excluding hydrogens is 359 g/mol. The van der Waals surface area contributed by atoms with Gasteiger partial charge in [-0.1, -0.05) is 3.89 Å². The number of carbonyl (C=O) groups excluding carboxylic acids is 1. The summed E-state index contributed by atoms with van der Waals surface area (Å²) in [5.74, 6) is -2.18. The SMILES string of the molecule is CC(=O)OCC1(C)OCC(COC(F)(F)C(F)(F)S(=O)(=O)F)O1. The Bertz CT molecular complexity index is 552. The highest BCUT2D eigenvalue weighted by Gasteiger charge is 2.68. The van der Waals surface area contributed by atoms with Crippen molar-refractivity contribution in [2.45, 2.75) is 37.1 Å². The van der Waals surface area contributed by atoms with E-state index in [-0.39, 0.29) is 6.61 Å². The van der Waals surface area contributed by atoms with Crippen molar-refractivity contribution in [2.75, 3.05) is 19.8 Å². The summed E-state index contributed by atoms with van der Waals surface area (Å²) >= 11 is 0. The minimum atomic E-state index is -6.88. The van der Waals surface area contributed by atoms with E-state index in [0.717, 1.165) is 6.92 Å². The van der Waals surface area contributed by atoms with Crippen LogP contribution in [0.1, 0.15) is 13.8 Å². The fourth-order valence-corrected chi connectivity index (χ4v) is 1.85. The van der Waals surface area contributed by atoms with Crippen LogP contribution < -0.4 is 0 Å². The lowest BCUT2D eigenvalue weighted by molar-refractivity contribution is -0.324. The number of hydrogen-bond acceptors (Lipinski definition) is 7. The summed E-state index contributed by atoms with van der Waals surface area (Å²) in [6, 6.07) is 0. The molecule has 1 aliphatic heterocycles. The Kier molecular flexibility index (Phi) is 5.61. The van der Waals surface area contributed by atoms with Crippen molar-refractivity contribution in [1.29, 1.82) is 0 Å². The van der Waals surface area contributed by atoms with E-state index in [0.29, 0.717) is 0 Å². The molecule has 0 bridgehead atoms. The van der Waals surface area contributed by atoms with Crippen LogP contribution in [0, 0.1) is 0 Å². The minimum Gasteiger partial charge on any atom is -0.460 e. The van der Waals surface area contributed by atoms with E-state index in [1.165, 1.54) is 6.92 Å². The van der Waals surface area contributed by atoms with Crippen LogP contribution in [0.4, 0.5) is 21.4 Å². The summed E-state index contributed by atoms with van der Waals surface area (Å²) in [5.41, 5.74) is 0. The fourth-order valence-electron chi connectivity index (χ4n) is 1.50. The Morgan fingerprint density at radius 2 is 1.91 bits per heavy atom. The number of esters is 1. The predicted octanol–water partition coefficient (Wildman–Crippen LogP) is 1.18. The van der Waals surface area contributed by atoms with Gasteiger partial charge < -0.3 is 18.9 Å². The monoisotopic (exact) mass is 372 g/mol. The average molecular weight is 372 g/mol. The molecule has 0 amide bonds. The number of halogens is 5. The molecule has 2 atom stereocenters. The summed E-state index contributed by atoms with van der Waals surface area (Å²) < 4.78 is 102. The standard InChI is InChI=1S/C10H13F5O7S/c1-6(16)19-5-8(2)20-3-7(22-8)4-21-9(11,12)10(13,14)23(15,17)18/h7H,3-5H2,1-2H3. The van der Waals surface area contributed by atoms with E-state index in [2.05, 4.69) is 9.47 Å². The van der Waals surface area contributed by atoms with Crippen molar-refractivity contribution in [3.05, 3.63) is 0 Å². The molecule has 136 valence electrons. The fraction of sp³-hybridized carbons (Fsp3) is 0.900. The molecule has 0 N–H and O–H groups in total. The Labute approximate surface area is 127 Å². The van der Waals surface area contributed by atoms with Gasteiger partial charge >= 0.3 is 27.6 Å². The Morgan fingerprint density at radius 3 is 2.39 bits per heavy atom. The van der Waals surface area contributed by atoms with Crippen LogP contribution in [-0.2, 0) is 34.0 Å². The number of carbonyl (C=O) groups is 1. The van der Waals surface area contributed by atoms with Crippen LogP contribution >= 0.6 is 0 Å². The molecule has 0 saturated carbocycles. The van der Waals surface area contributed by atoms with Gasteiger partial charge in [0.25, 0.3) is 0 Å². The molecule has 0 aromatic carbocycles. The molecule has 1 aliphatic rings. The van der Waals surface area contributed by atoms with E-state index in [4.69, 9.17) is 9.47 Å². The third-order valence-electron chi connectivity index (χ3n) is 2.62. The molecular formula is C10H13F5O7S. The Morgan fingerprint density at radius 1 is 1.35 bits per heavy atom. The first-order valence-corrected chi connectivity index (χ1v) is 7.37. The van der Waals surface area contributed by atoms with Gasteiger partial charge in [0.2, 0.25) is 5.79 Å². The maximum Gasteiger partial charge on any atom is 0.464 e. The van der Waals surface area contributed by atoms with E-state index in [9.17, 15) is 34.7 Å². The van der Waals surface area contributed by atoms with Crippen LogP contribution in [-0.4, -0.2) is 57.5 Å². The van der Waals surface area contributed by atoms with Gasteiger partial charge in [0, 0.05) is 6.92 Å². The lowest BCUT2D eigenvalue weighted by Gasteiger charge is -2.25. The van der Waals surface area contributed by atoms with Gasteiger partial charge in [0.15, 0.2) is 0 Å². The Hall–Kier alpha value is -1.05.